The highest BCUT2D eigenvalue weighted by molar-refractivity contribution is 7.18. The van der Waals surface area contributed by atoms with Crippen LogP contribution in [0.15, 0.2) is 4.79 Å². The maximum atomic E-state index is 13.2. The second-order valence-electron chi connectivity index (χ2n) is 7.44. The minimum atomic E-state index is -0.829. The fraction of sp³-hybridized carbons (Fsp3) is 0.444. The molecule has 1 aliphatic rings. The Balaban J connectivity index is 1.80. The normalized spacial score (nSPS) is 16.1. The van der Waals surface area contributed by atoms with Gasteiger partial charge in [0.25, 0.3) is 11.5 Å². The molecule has 3 aromatic rings. The first kappa shape index (κ1) is 19.2. The topological polar surface area (TPSA) is 125 Å². The molecule has 1 aliphatic carbocycles. The molecule has 3 aromatic heterocycles. The Hall–Kier alpha value is -3.08. The number of hydrogen-bond acceptors (Lipinski definition) is 7. The van der Waals surface area contributed by atoms with Crippen molar-refractivity contribution in [3.8, 4) is 0 Å². The summed E-state index contributed by atoms with van der Waals surface area (Å²) < 4.78 is 2.32. The van der Waals surface area contributed by atoms with E-state index in [-0.39, 0.29) is 22.6 Å². The van der Waals surface area contributed by atoms with Crippen LogP contribution >= 0.6 is 11.3 Å². The van der Waals surface area contributed by atoms with Crippen molar-refractivity contribution < 1.29 is 9.72 Å². The third-order valence-corrected chi connectivity index (χ3v) is 6.56. The van der Waals surface area contributed by atoms with Gasteiger partial charge in [-0.05, 0) is 44.6 Å². The van der Waals surface area contributed by atoms with Gasteiger partial charge in [-0.15, -0.1) is 11.3 Å². The molecule has 0 saturated carbocycles. The highest BCUT2D eigenvalue weighted by atomic mass is 32.1. The van der Waals surface area contributed by atoms with Crippen LogP contribution in [0.1, 0.15) is 45.8 Å². The number of aryl methyl sites for hydroxylation is 3. The first-order valence-electron chi connectivity index (χ1n) is 9.22. The van der Waals surface area contributed by atoms with E-state index in [9.17, 15) is 19.7 Å². The number of rotatable bonds is 3. The Kier molecular flexibility index (Phi) is 4.49. The standard InChI is InChI=1S/C18H20N6O4S/c1-8-5-6-11-12(7-8)29-17-13(11)18(26)23(10(3)19-17)21-16(25)14-15(24(27)28)9(2)22(4)20-14/h8H,5-7H2,1-4H3,(H,21,25)/t8-/m0/s1. The van der Waals surface area contributed by atoms with Crippen molar-refractivity contribution >= 4 is 33.1 Å². The minimum absolute atomic E-state index is 0.249. The molecule has 0 radical (unpaired) electrons. The molecule has 0 bridgehead atoms. The molecule has 29 heavy (non-hydrogen) atoms. The number of carbonyl (C=O) groups excluding carboxylic acids is 1. The van der Waals surface area contributed by atoms with E-state index in [1.54, 1.807) is 6.92 Å². The summed E-state index contributed by atoms with van der Waals surface area (Å²) in [4.78, 5) is 43.0. The highest BCUT2D eigenvalue weighted by Crippen LogP contribution is 2.35. The van der Waals surface area contributed by atoms with Crippen molar-refractivity contribution in [1.29, 1.82) is 0 Å². The molecule has 3 heterocycles. The Morgan fingerprint density at radius 3 is 2.79 bits per heavy atom. The van der Waals surface area contributed by atoms with Crippen LogP contribution in [0, 0.1) is 29.9 Å². The zero-order valence-electron chi connectivity index (χ0n) is 16.5. The van der Waals surface area contributed by atoms with Gasteiger partial charge in [0, 0.05) is 11.9 Å². The number of hydrogen-bond donors (Lipinski definition) is 1. The molecule has 1 N–H and O–H groups in total. The van der Waals surface area contributed by atoms with Crippen molar-refractivity contribution in [1.82, 2.24) is 19.4 Å². The molecule has 4 rings (SSSR count). The van der Waals surface area contributed by atoms with Gasteiger partial charge in [-0.3, -0.25) is 29.8 Å². The lowest BCUT2D eigenvalue weighted by molar-refractivity contribution is -0.385. The SMILES string of the molecule is Cc1c([N+](=O)[O-])c(C(=O)Nn2c(C)nc3sc4c(c3c2=O)CC[C@H](C)C4)nn1C. The molecule has 0 fully saturated rings. The number of carbonyl (C=O) groups is 1. The quantitative estimate of drug-likeness (QED) is 0.515. The lowest BCUT2D eigenvalue weighted by Gasteiger charge is -2.17. The Morgan fingerprint density at radius 1 is 1.38 bits per heavy atom. The predicted molar refractivity (Wildman–Crippen MR) is 108 cm³/mol. The van der Waals surface area contributed by atoms with Gasteiger partial charge in [0.2, 0.25) is 5.69 Å². The van der Waals surface area contributed by atoms with Gasteiger partial charge in [-0.1, -0.05) is 6.92 Å². The fourth-order valence-electron chi connectivity index (χ4n) is 3.75. The van der Waals surface area contributed by atoms with Crippen LogP contribution in [0.5, 0.6) is 0 Å². The van der Waals surface area contributed by atoms with E-state index in [4.69, 9.17) is 0 Å². The third kappa shape index (κ3) is 3.01. The largest absolute Gasteiger partial charge is 0.322 e. The van der Waals surface area contributed by atoms with Gasteiger partial charge in [-0.2, -0.15) is 5.10 Å². The summed E-state index contributed by atoms with van der Waals surface area (Å²) in [5.74, 6) is 0.0359. The molecule has 1 atom stereocenters. The number of aromatic nitrogens is 4. The van der Waals surface area contributed by atoms with Crippen LogP contribution < -0.4 is 11.0 Å². The summed E-state index contributed by atoms with van der Waals surface area (Å²) in [6.45, 7) is 5.30. The number of amides is 1. The van der Waals surface area contributed by atoms with E-state index < -0.39 is 10.8 Å². The summed E-state index contributed by atoms with van der Waals surface area (Å²) in [7, 11) is 1.52. The number of thiophene rings is 1. The lowest BCUT2D eigenvalue weighted by atomic mass is 9.89. The molecule has 11 heteroatoms. The highest BCUT2D eigenvalue weighted by Gasteiger charge is 2.30. The molecular weight excluding hydrogens is 396 g/mol. The zero-order valence-corrected chi connectivity index (χ0v) is 17.3. The van der Waals surface area contributed by atoms with Gasteiger partial charge >= 0.3 is 5.69 Å². The maximum absolute atomic E-state index is 13.2. The third-order valence-electron chi connectivity index (χ3n) is 5.41. The molecule has 0 aliphatic heterocycles. The van der Waals surface area contributed by atoms with Crippen molar-refractivity contribution in [2.75, 3.05) is 5.43 Å². The maximum Gasteiger partial charge on any atom is 0.322 e. The molecular formula is C18H20N6O4S. The summed E-state index contributed by atoms with van der Waals surface area (Å²) >= 11 is 1.53. The Labute approximate surface area is 169 Å². The van der Waals surface area contributed by atoms with E-state index in [2.05, 4.69) is 22.4 Å². The summed E-state index contributed by atoms with van der Waals surface area (Å²) in [6, 6.07) is 0. The second kappa shape index (κ2) is 6.76. The Morgan fingerprint density at radius 2 is 2.10 bits per heavy atom. The summed E-state index contributed by atoms with van der Waals surface area (Å²) in [5.41, 5.74) is 2.61. The number of nitro groups is 1. The zero-order chi connectivity index (χ0) is 21.0. The van der Waals surface area contributed by atoms with Crippen molar-refractivity contribution in [2.45, 2.75) is 40.0 Å². The molecule has 1 amide bonds. The van der Waals surface area contributed by atoms with E-state index in [1.165, 1.54) is 34.9 Å². The van der Waals surface area contributed by atoms with Gasteiger partial charge in [0.05, 0.1) is 10.3 Å². The number of nitrogens with zero attached hydrogens (tertiary/aromatic N) is 5. The first-order valence-corrected chi connectivity index (χ1v) is 10.0. The average Bonchev–Trinajstić information content (AvgIpc) is 3.15. The second-order valence-corrected chi connectivity index (χ2v) is 8.52. The van der Waals surface area contributed by atoms with E-state index in [0.29, 0.717) is 22.0 Å². The summed E-state index contributed by atoms with van der Waals surface area (Å²) in [6.07, 6.45) is 2.72. The van der Waals surface area contributed by atoms with Crippen LogP contribution in [-0.2, 0) is 19.9 Å². The van der Waals surface area contributed by atoms with Crippen molar-refractivity contribution in [3.63, 3.8) is 0 Å². The Bertz CT molecular complexity index is 1240. The van der Waals surface area contributed by atoms with Crippen LogP contribution in [-0.4, -0.2) is 30.3 Å². The molecule has 0 spiro atoms. The van der Waals surface area contributed by atoms with Gasteiger partial charge in [0.1, 0.15) is 16.3 Å². The predicted octanol–water partition coefficient (Wildman–Crippen LogP) is 2.23. The molecule has 0 unspecified atom stereocenters. The lowest BCUT2D eigenvalue weighted by Crippen LogP contribution is -2.36. The fourth-order valence-corrected chi connectivity index (χ4v) is 5.16. The smallest absolute Gasteiger partial charge is 0.267 e. The monoisotopic (exact) mass is 416 g/mol. The van der Waals surface area contributed by atoms with Crippen LogP contribution in [0.2, 0.25) is 0 Å². The van der Waals surface area contributed by atoms with Crippen molar-refractivity contribution in [2.24, 2.45) is 13.0 Å². The molecule has 0 aromatic carbocycles. The molecule has 0 saturated heterocycles. The molecule has 10 nitrogen and oxygen atoms in total. The van der Waals surface area contributed by atoms with E-state index in [0.717, 1.165) is 29.5 Å². The van der Waals surface area contributed by atoms with Gasteiger partial charge in [-0.25, -0.2) is 9.66 Å². The number of nitrogens with one attached hydrogen (secondary N) is 1. The number of fused-ring (bicyclic) bond motifs is 3. The molecule has 152 valence electrons. The van der Waals surface area contributed by atoms with Crippen LogP contribution in [0.3, 0.4) is 0 Å². The van der Waals surface area contributed by atoms with Gasteiger partial charge in [0.15, 0.2) is 0 Å². The van der Waals surface area contributed by atoms with Crippen LogP contribution in [0.4, 0.5) is 5.69 Å². The van der Waals surface area contributed by atoms with Crippen molar-refractivity contribution in [3.05, 3.63) is 48.1 Å². The van der Waals surface area contributed by atoms with Crippen LogP contribution in [0.25, 0.3) is 10.2 Å². The van der Waals surface area contributed by atoms with Gasteiger partial charge < -0.3 is 0 Å². The minimum Gasteiger partial charge on any atom is -0.267 e. The first-order chi connectivity index (χ1) is 13.7. The average molecular weight is 416 g/mol. The van der Waals surface area contributed by atoms with E-state index in [1.807, 2.05) is 0 Å². The van der Waals surface area contributed by atoms with E-state index >= 15 is 0 Å². The summed E-state index contributed by atoms with van der Waals surface area (Å²) in [5, 5.41) is 15.8.